The molecule has 1 aliphatic carbocycles. The molecule has 3 rings (SSSR count). The molecule has 2 amide bonds. The minimum Gasteiger partial charge on any atom is -0.355 e. The normalized spacial score (nSPS) is 13.3. The molecule has 0 spiro atoms. The molecule has 0 radical (unpaired) electrons. The fraction of sp³-hybridized carbons (Fsp3) is 0.391. The summed E-state index contributed by atoms with van der Waals surface area (Å²) in [6.07, 6.45) is 3.50. The van der Waals surface area contributed by atoms with Gasteiger partial charge in [-0.2, -0.15) is 0 Å². The van der Waals surface area contributed by atoms with Crippen molar-refractivity contribution in [3.05, 3.63) is 70.3 Å². The van der Waals surface area contributed by atoms with Crippen LogP contribution in [-0.4, -0.2) is 29.8 Å². The van der Waals surface area contributed by atoms with Gasteiger partial charge in [0.15, 0.2) is 0 Å². The van der Waals surface area contributed by atoms with Crippen LogP contribution in [0.15, 0.2) is 42.5 Å². The van der Waals surface area contributed by atoms with Gasteiger partial charge in [0, 0.05) is 31.6 Å². The van der Waals surface area contributed by atoms with Crippen LogP contribution in [0.3, 0.4) is 0 Å². The largest absolute Gasteiger partial charge is 0.355 e. The number of carbonyl (C=O) groups is 2. The Hall–Kier alpha value is -2.62. The number of aryl methyl sites for hydroxylation is 3. The first-order valence-electron chi connectivity index (χ1n) is 9.64. The maximum Gasteiger partial charge on any atom is 0.251 e. The van der Waals surface area contributed by atoms with Gasteiger partial charge in [0.05, 0.1) is 0 Å². The van der Waals surface area contributed by atoms with Gasteiger partial charge in [0.2, 0.25) is 5.91 Å². The van der Waals surface area contributed by atoms with Crippen molar-refractivity contribution >= 4 is 11.8 Å². The lowest BCUT2D eigenvalue weighted by atomic mass is 10.0. The van der Waals surface area contributed by atoms with Gasteiger partial charge in [0.25, 0.3) is 5.91 Å². The maximum atomic E-state index is 12.9. The standard InChI is InChI=1S/C23H28N2O2/c1-16-4-7-19(17(2)14-16)10-13-22(26)25(21-11-12-21)15-18-5-8-20(9-6-18)23(27)24-3/h4-9,14,21H,10-13,15H2,1-3H3,(H,24,27). The number of benzene rings is 2. The number of carbonyl (C=O) groups excluding carboxylic acids is 2. The van der Waals surface area contributed by atoms with Crippen molar-refractivity contribution in [3.63, 3.8) is 0 Å². The number of rotatable bonds is 7. The molecule has 0 aromatic heterocycles. The van der Waals surface area contributed by atoms with E-state index in [9.17, 15) is 9.59 Å². The third-order valence-electron chi connectivity index (χ3n) is 5.21. The van der Waals surface area contributed by atoms with E-state index in [1.165, 1.54) is 16.7 Å². The molecule has 4 heteroatoms. The van der Waals surface area contributed by atoms with Crippen molar-refractivity contribution in [1.29, 1.82) is 0 Å². The summed E-state index contributed by atoms with van der Waals surface area (Å²) in [6.45, 7) is 4.82. The van der Waals surface area contributed by atoms with Gasteiger partial charge in [-0.3, -0.25) is 9.59 Å². The van der Waals surface area contributed by atoms with Crippen LogP contribution in [0.1, 0.15) is 51.9 Å². The first kappa shape index (κ1) is 19.2. The van der Waals surface area contributed by atoms with Gasteiger partial charge in [-0.25, -0.2) is 0 Å². The average molecular weight is 364 g/mol. The summed E-state index contributed by atoms with van der Waals surface area (Å²) in [5, 5.41) is 2.62. The van der Waals surface area contributed by atoms with Gasteiger partial charge in [-0.1, -0.05) is 35.9 Å². The summed E-state index contributed by atoms with van der Waals surface area (Å²) >= 11 is 0. The van der Waals surface area contributed by atoms with E-state index in [-0.39, 0.29) is 11.8 Å². The zero-order valence-corrected chi connectivity index (χ0v) is 16.4. The lowest BCUT2D eigenvalue weighted by molar-refractivity contribution is -0.132. The summed E-state index contributed by atoms with van der Waals surface area (Å²) in [5.41, 5.74) is 5.46. The topological polar surface area (TPSA) is 49.4 Å². The number of hydrogen-bond donors (Lipinski definition) is 1. The van der Waals surface area contributed by atoms with Crippen molar-refractivity contribution in [3.8, 4) is 0 Å². The first-order valence-corrected chi connectivity index (χ1v) is 9.64. The zero-order chi connectivity index (χ0) is 19.4. The molecule has 1 saturated carbocycles. The first-order chi connectivity index (χ1) is 13.0. The number of hydrogen-bond acceptors (Lipinski definition) is 2. The van der Waals surface area contributed by atoms with Crippen molar-refractivity contribution in [2.45, 2.75) is 52.1 Å². The molecule has 142 valence electrons. The highest BCUT2D eigenvalue weighted by Crippen LogP contribution is 2.29. The van der Waals surface area contributed by atoms with Crippen LogP contribution < -0.4 is 5.32 Å². The van der Waals surface area contributed by atoms with E-state index in [1.54, 1.807) is 7.05 Å². The smallest absolute Gasteiger partial charge is 0.251 e. The van der Waals surface area contributed by atoms with Crippen LogP contribution in [-0.2, 0) is 17.8 Å². The van der Waals surface area contributed by atoms with Gasteiger partial charge in [-0.05, 0) is 61.9 Å². The summed E-state index contributed by atoms with van der Waals surface area (Å²) < 4.78 is 0. The molecular formula is C23H28N2O2. The average Bonchev–Trinajstić information content (AvgIpc) is 3.50. The maximum absolute atomic E-state index is 12.9. The van der Waals surface area contributed by atoms with E-state index in [2.05, 4.69) is 37.4 Å². The molecule has 0 bridgehead atoms. The summed E-state index contributed by atoms with van der Waals surface area (Å²) in [6, 6.07) is 14.3. The molecule has 2 aromatic carbocycles. The highest BCUT2D eigenvalue weighted by atomic mass is 16.2. The van der Waals surface area contributed by atoms with E-state index in [1.807, 2.05) is 29.2 Å². The zero-order valence-electron chi connectivity index (χ0n) is 16.4. The van der Waals surface area contributed by atoms with Crippen molar-refractivity contribution in [2.24, 2.45) is 0 Å². The van der Waals surface area contributed by atoms with Crippen LogP contribution in [0.25, 0.3) is 0 Å². The molecule has 1 N–H and O–H groups in total. The molecule has 0 unspecified atom stereocenters. The summed E-state index contributed by atoms with van der Waals surface area (Å²) in [7, 11) is 1.62. The van der Waals surface area contributed by atoms with E-state index >= 15 is 0 Å². The summed E-state index contributed by atoms with van der Waals surface area (Å²) in [4.78, 5) is 26.5. The minimum absolute atomic E-state index is 0.0925. The second kappa shape index (κ2) is 8.38. The van der Waals surface area contributed by atoms with Gasteiger partial charge in [0.1, 0.15) is 0 Å². The van der Waals surface area contributed by atoms with Crippen LogP contribution in [0, 0.1) is 13.8 Å². The molecular weight excluding hydrogens is 336 g/mol. The monoisotopic (exact) mass is 364 g/mol. The predicted octanol–water partition coefficient (Wildman–Crippen LogP) is 3.79. The Morgan fingerprint density at radius 2 is 1.78 bits per heavy atom. The minimum atomic E-state index is -0.0925. The van der Waals surface area contributed by atoms with Crippen LogP contribution in [0.2, 0.25) is 0 Å². The van der Waals surface area contributed by atoms with Crippen LogP contribution in [0.5, 0.6) is 0 Å². The second-order valence-corrected chi connectivity index (χ2v) is 7.46. The molecule has 27 heavy (non-hydrogen) atoms. The van der Waals surface area contributed by atoms with Gasteiger partial charge < -0.3 is 10.2 Å². The fourth-order valence-electron chi connectivity index (χ4n) is 3.42. The molecule has 2 aromatic rings. The molecule has 1 fully saturated rings. The van der Waals surface area contributed by atoms with Crippen molar-refractivity contribution < 1.29 is 9.59 Å². The van der Waals surface area contributed by atoms with Gasteiger partial charge in [-0.15, -0.1) is 0 Å². The molecule has 0 atom stereocenters. The predicted molar refractivity (Wildman–Crippen MR) is 108 cm³/mol. The number of nitrogens with zero attached hydrogens (tertiary/aromatic N) is 1. The summed E-state index contributed by atoms with van der Waals surface area (Å²) in [5.74, 6) is 0.123. The van der Waals surface area contributed by atoms with E-state index in [4.69, 9.17) is 0 Å². The SMILES string of the molecule is CNC(=O)c1ccc(CN(C(=O)CCc2ccc(C)cc2C)C2CC2)cc1. The van der Waals surface area contributed by atoms with Crippen LogP contribution in [0.4, 0.5) is 0 Å². The quantitative estimate of drug-likeness (QED) is 0.813. The molecule has 1 aliphatic rings. The third-order valence-corrected chi connectivity index (χ3v) is 5.21. The Kier molecular flexibility index (Phi) is 5.94. The van der Waals surface area contributed by atoms with Crippen LogP contribution >= 0.6 is 0 Å². The lowest BCUT2D eigenvalue weighted by Gasteiger charge is -2.23. The van der Waals surface area contributed by atoms with E-state index < -0.39 is 0 Å². The number of amides is 2. The molecule has 4 nitrogen and oxygen atoms in total. The Bertz CT molecular complexity index is 823. The Morgan fingerprint density at radius 3 is 2.37 bits per heavy atom. The Morgan fingerprint density at radius 1 is 1.07 bits per heavy atom. The highest BCUT2D eigenvalue weighted by molar-refractivity contribution is 5.93. The molecule has 0 saturated heterocycles. The van der Waals surface area contributed by atoms with E-state index in [0.29, 0.717) is 24.6 Å². The number of nitrogens with one attached hydrogen (secondary N) is 1. The van der Waals surface area contributed by atoms with Gasteiger partial charge >= 0.3 is 0 Å². The second-order valence-electron chi connectivity index (χ2n) is 7.46. The molecule has 0 heterocycles. The molecule has 0 aliphatic heterocycles. The Balaban J connectivity index is 1.63. The third kappa shape index (κ3) is 4.97. The van der Waals surface area contributed by atoms with E-state index in [0.717, 1.165) is 24.8 Å². The highest BCUT2D eigenvalue weighted by Gasteiger charge is 2.32. The van der Waals surface area contributed by atoms with Crippen molar-refractivity contribution in [1.82, 2.24) is 10.2 Å². The fourth-order valence-corrected chi connectivity index (χ4v) is 3.42. The lowest BCUT2D eigenvalue weighted by Crippen LogP contribution is -2.32. The Labute approximate surface area is 161 Å². The van der Waals surface area contributed by atoms with Crippen molar-refractivity contribution in [2.75, 3.05) is 7.05 Å².